The quantitative estimate of drug-likeness (QED) is 0.109. The molecule has 0 spiro atoms. The molecule has 0 aromatic heterocycles. The van der Waals surface area contributed by atoms with Crippen LogP contribution in [-0.2, 0) is 54.9 Å². The molecule has 0 aromatic rings. The lowest BCUT2D eigenvalue weighted by Crippen LogP contribution is -2.65. The zero-order valence-corrected chi connectivity index (χ0v) is 16.4. The van der Waals surface area contributed by atoms with Crippen molar-refractivity contribution < 1.29 is 70.7 Å². The van der Waals surface area contributed by atoms with Crippen molar-refractivity contribution in [1.82, 2.24) is 5.32 Å². The molecule has 166 valence electrons. The van der Waals surface area contributed by atoms with Crippen LogP contribution < -0.4 is 21.1 Å². The van der Waals surface area contributed by atoms with Gasteiger partial charge in [-0.05, 0) is 0 Å². The van der Waals surface area contributed by atoms with Crippen LogP contribution >= 0.6 is 37.0 Å². The fourth-order valence-corrected chi connectivity index (χ4v) is 3.13. The lowest BCUT2D eigenvalue weighted by atomic mass is 9.97. The van der Waals surface area contributed by atoms with E-state index in [4.69, 9.17) is 22.0 Å². The molecule has 0 bridgehead atoms. The Morgan fingerprint density at radius 1 is 1.00 bits per heavy atom. The normalized spacial score (nSPS) is 27.7. The number of rotatable bonds is 15. The maximum atomic E-state index is 11.5. The van der Waals surface area contributed by atoms with Crippen LogP contribution in [0.15, 0.2) is 0 Å². The summed E-state index contributed by atoms with van der Waals surface area (Å²) in [5.41, 5.74) is 0. The van der Waals surface area contributed by atoms with Crippen molar-refractivity contribution >= 4 is 42.9 Å². The molecule has 0 aliphatic carbocycles. The molecule has 1 heterocycles. The van der Waals surface area contributed by atoms with Gasteiger partial charge in [-0.1, -0.05) is 0 Å². The summed E-state index contributed by atoms with van der Waals surface area (Å²) in [5.74, 6) is -0.480. The molecule has 1 saturated heterocycles. The first kappa shape index (κ1) is 26.0. The zero-order valence-electron chi connectivity index (χ0n) is 13.9. The minimum absolute atomic E-state index is 0.120. The molecule has 1 fully saturated rings. The highest BCUT2D eigenvalue weighted by Crippen LogP contribution is 2.32. The van der Waals surface area contributed by atoms with Gasteiger partial charge in [0.25, 0.3) is 0 Å². The van der Waals surface area contributed by atoms with Crippen LogP contribution in [0.3, 0.4) is 0 Å². The van der Waals surface area contributed by atoms with E-state index in [0.29, 0.717) is 0 Å². The van der Waals surface area contributed by atoms with Crippen molar-refractivity contribution in [3.05, 3.63) is 0 Å². The number of carbonyl (C=O) groups is 1. The topological polar surface area (TPSA) is 200 Å². The largest absolute Gasteiger partial charge is 0.691 e. The van der Waals surface area contributed by atoms with E-state index in [9.17, 15) is 20.6 Å². The SMILES string of the molecule is CO[C@@H]1OC(COSOO[O-])[C@H](OSOO[O-])[C@H](OSOO[O-])C1NC(C)=O. The summed E-state index contributed by atoms with van der Waals surface area (Å²) in [6, 6.07) is -0.992. The van der Waals surface area contributed by atoms with Crippen LogP contribution in [-0.4, -0.2) is 50.3 Å². The smallest absolute Gasteiger partial charge is 0.217 e. The Balaban J connectivity index is 2.97. The van der Waals surface area contributed by atoms with E-state index in [2.05, 4.69) is 33.4 Å². The summed E-state index contributed by atoms with van der Waals surface area (Å²) >= 11 is 0.443. The van der Waals surface area contributed by atoms with Gasteiger partial charge in [-0.25, -0.2) is 0 Å². The molecular weight excluding hydrogens is 458 g/mol. The molecule has 19 heteroatoms. The Kier molecular flexibility index (Phi) is 14.6. The third-order valence-corrected chi connectivity index (χ3v) is 4.16. The fourth-order valence-electron chi connectivity index (χ4n) is 2.13. The minimum atomic E-state index is -1.15. The molecule has 5 atom stereocenters. The van der Waals surface area contributed by atoms with Crippen LogP contribution in [0.5, 0.6) is 0 Å². The average Bonchev–Trinajstić information content (AvgIpc) is 2.67. The number of ether oxygens (including phenoxy) is 2. The van der Waals surface area contributed by atoms with Crippen molar-refractivity contribution in [3.63, 3.8) is 0 Å². The molecule has 0 aromatic carbocycles. The Labute approximate surface area is 170 Å². The molecule has 28 heavy (non-hydrogen) atoms. The standard InChI is InChI=1S/C9H17NO15S3/c1-4(11)10-6-8(19-28-25-22-14)7(18-27-24-21-13)5(17-9(6)15-2)3-16-26-23-20-12/h5-9,12-14H,3H2,1-2H3,(H,10,11)/p-3/t5?,6?,7-,8+,9+/m0/s1. The maximum absolute atomic E-state index is 11.5. The highest BCUT2D eigenvalue weighted by molar-refractivity contribution is 7.90. The van der Waals surface area contributed by atoms with E-state index < -0.39 is 36.6 Å². The number of amides is 1. The minimum Gasteiger partial charge on any atom is -0.691 e. The number of hydrogen-bond donors (Lipinski definition) is 1. The second kappa shape index (κ2) is 15.8. The van der Waals surface area contributed by atoms with Crippen LogP contribution in [0.2, 0.25) is 0 Å². The summed E-state index contributed by atoms with van der Waals surface area (Å²) in [6.45, 7) is 0.923. The highest BCUT2D eigenvalue weighted by atomic mass is 32.2. The van der Waals surface area contributed by atoms with Gasteiger partial charge in [0.15, 0.2) is 43.3 Å². The highest BCUT2D eigenvalue weighted by Gasteiger charge is 2.49. The van der Waals surface area contributed by atoms with Crippen LogP contribution in [0.4, 0.5) is 0 Å². The average molecular weight is 472 g/mol. The third kappa shape index (κ3) is 9.19. The predicted octanol–water partition coefficient (Wildman–Crippen LogP) is -2.99. The van der Waals surface area contributed by atoms with E-state index >= 15 is 0 Å². The maximum Gasteiger partial charge on any atom is 0.217 e. The Morgan fingerprint density at radius 2 is 1.57 bits per heavy atom. The molecule has 16 nitrogen and oxygen atoms in total. The lowest BCUT2D eigenvalue weighted by Gasteiger charge is -2.44. The Bertz CT molecular complexity index is 424. The lowest BCUT2D eigenvalue weighted by molar-refractivity contribution is -0.778. The summed E-state index contributed by atoms with van der Waals surface area (Å²) in [7, 11) is 1.28. The van der Waals surface area contributed by atoms with Gasteiger partial charge in [0.1, 0.15) is 24.4 Å². The first-order valence-electron chi connectivity index (χ1n) is 6.86. The van der Waals surface area contributed by atoms with Crippen LogP contribution in [0, 0.1) is 0 Å². The van der Waals surface area contributed by atoms with E-state index in [-0.39, 0.29) is 43.6 Å². The van der Waals surface area contributed by atoms with E-state index in [1.165, 1.54) is 14.0 Å². The summed E-state index contributed by atoms with van der Waals surface area (Å²) < 4.78 is 38.3. The summed E-state index contributed by atoms with van der Waals surface area (Å²) in [5, 5.41) is 41.7. The molecule has 1 aliphatic rings. The van der Waals surface area contributed by atoms with Gasteiger partial charge in [0, 0.05) is 14.0 Å². The van der Waals surface area contributed by atoms with Crippen molar-refractivity contribution in [2.75, 3.05) is 13.7 Å². The predicted molar refractivity (Wildman–Crippen MR) is 78.3 cm³/mol. The number of nitrogens with one attached hydrogen (secondary N) is 1. The second-order valence-electron chi connectivity index (χ2n) is 4.52. The fraction of sp³-hybridized carbons (Fsp3) is 0.889. The number of hydrogen-bond acceptors (Lipinski definition) is 18. The van der Waals surface area contributed by atoms with E-state index in [1.807, 2.05) is 0 Å². The Hall–Kier alpha value is -0.0400. The number of carbonyl (C=O) groups excluding carboxylic acids is 1. The summed E-state index contributed by atoms with van der Waals surface area (Å²) in [6.07, 6.45) is -4.39. The van der Waals surface area contributed by atoms with E-state index in [1.54, 1.807) is 0 Å². The first-order valence-corrected chi connectivity index (χ1v) is 8.86. The monoisotopic (exact) mass is 472 g/mol. The molecule has 0 saturated carbocycles. The molecule has 2 unspecified atom stereocenters. The number of methoxy groups -OCH3 is 1. The van der Waals surface area contributed by atoms with Gasteiger partial charge in [-0.2, -0.15) is 0 Å². The van der Waals surface area contributed by atoms with Crippen LogP contribution in [0.1, 0.15) is 6.92 Å². The molecule has 1 aliphatic heterocycles. The van der Waals surface area contributed by atoms with Gasteiger partial charge in [-0.3, -0.25) is 32.5 Å². The van der Waals surface area contributed by atoms with Crippen molar-refractivity contribution in [1.29, 1.82) is 0 Å². The second-order valence-corrected chi connectivity index (χ2v) is 5.96. The Morgan fingerprint density at radius 3 is 2.11 bits per heavy atom. The van der Waals surface area contributed by atoms with Crippen molar-refractivity contribution in [2.24, 2.45) is 0 Å². The molecule has 0 radical (unpaired) electrons. The van der Waals surface area contributed by atoms with Crippen molar-refractivity contribution in [3.8, 4) is 0 Å². The van der Waals surface area contributed by atoms with Gasteiger partial charge < -0.3 is 30.6 Å². The molecule has 1 N–H and O–H groups in total. The van der Waals surface area contributed by atoms with Crippen LogP contribution in [0.25, 0.3) is 0 Å². The molecular formula is C9H14NO15S3-3. The zero-order chi connectivity index (χ0) is 20.8. The van der Waals surface area contributed by atoms with Gasteiger partial charge in [0.2, 0.25) is 5.91 Å². The third-order valence-electron chi connectivity index (χ3n) is 3.00. The van der Waals surface area contributed by atoms with E-state index in [0.717, 1.165) is 0 Å². The van der Waals surface area contributed by atoms with Gasteiger partial charge in [0.05, 0.1) is 6.61 Å². The van der Waals surface area contributed by atoms with Gasteiger partial charge >= 0.3 is 0 Å². The first-order chi connectivity index (χ1) is 13.6. The molecule has 1 amide bonds. The molecule has 1 rings (SSSR count). The van der Waals surface area contributed by atoms with Gasteiger partial charge in [-0.15, -0.1) is 13.0 Å². The summed E-state index contributed by atoms with van der Waals surface area (Å²) in [4.78, 5) is 11.5. The van der Waals surface area contributed by atoms with Crippen molar-refractivity contribution in [2.45, 2.75) is 37.6 Å².